The molecule has 4 atom stereocenters. The van der Waals surface area contributed by atoms with Gasteiger partial charge in [-0.05, 0) is 49.8 Å². The molecule has 20 heavy (non-hydrogen) atoms. The monoisotopic (exact) mass is 276 g/mol. The Hall–Kier alpha value is -1.42. The Bertz CT molecular complexity index is 519. The van der Waals surface area contributed by atoms with Gasteiger partial charge in [-0.1, -0.05) is 12.1 Å². The first kappa shape index (κ1) is 13.6. The predicted octanol–water partition coefficient (Wildman–Crippen LogP) is 2.27. The van der Waals surface area contributed by atoms with E-state index in [9.17, 15) is 9.18 Å². The summed E-state index contributed by atoms with van der Waals surface area (Å²) >= 11 is 0. The van der Waals surface area contributed by atoms with Crippen molar-refractivity contribution < 1.29 is 9.18 Å². The third-order valence-corrected chi connectivity index (χ3v) is 4.58. The molecule has 1 saturated heterocycles. The zero-order valence-electron chi connectivity index (χ0n) is 11.8. The maximum atomic E-state index is 13.2. The molecule has 0 unspecified atom stereocenters. The Balaban J connectivity index is 1.65. The van der Waals surface area contributed by atoms with Crippen molar-refractivity contribution in [3.63, 3.8) is 0 Å². The van der Waals surface area contributed by atoms with Crippen molar-refractivity contribution in [2.24, 2.45) is 11.7 Å². The third kappa shape index (κ3) is 2.57. The molecule has 1 heterocycles. The van der Waals surface area contributed by atoms with Gasteiger partial charge >= 0.3 is 0 Å². The van der Waals surface area contributed by atoms with Crippen LogP contribution in [-0.4, -0.2) is 29.4 Å². The Kier molecular flexibility index (Phi) is 3.50. The predicted molar refractivity (Wildman–Crippen MR) is 75.6 cm³/mol. The number of hydrogen-bond donors (Lipinski definition) is 1. The summed E-state index contributed by atoms with van der Waals surface area (Å²) in [5.41, 5.74) is 6.88. The van der Waals surface area contributed by atoms with E-state index in [1.54, 1.807) is 12.1 Å². The Morgan fingerprint density at radius 3 is 2.90 bits per heavy atom. The zero-order chi connectivity index (χ0) is 14.3. The van der Waals surface area contributed by atoms with Crippen LogP contribution >= 0.6 is 0 Å². The smallest absolute Gasteiger partial charge is 0.226 e. The molecule has 1 aliphatic heterocycles. The maximum Gasteiger partial charge on any atom is 0.226 e. The molecule has 1 aliphatic carbocycles. The number of rotatable bonds is 2. The lowest BCUT2D eigenvalue weighted by molar-refractivity contribution is -0.136. The van der Waals surface area contributed by atoms with Gasteiger partial charge in [0.05, 0.1) is 0 Å². The summed E-state index contributed by atoms with van der Waals surface area (Å²) in [6, 6.07) is 7.06. The highest BCUT2D eigenvalue weighted by atomic mass is 19.1. The van der Waals surface area contributed by atoms with Gasteiger partial charge in [-0.25, -0.2) is 4.39 Å². The fourth-order valence-corrected chi connectivity index (χ4v) is 3.32. The molecule has 2 fully saturated rings. The Labute approximate surface area is 118 Å². The average molecular weight is 276 g/mol. The van der Waals surface area contributed by atoms with Crippen LogP contribution in [0.1, 0.15) is 37.7 Å². The third-order valence-electron chi connectivity index (χ3n) is 4.58. The minimum absolute atomic E-state index is 0.0357. The number of nitrogens with two attached hydrogens (primary N) is 1. The Morgan fingerprint density at radius 2 is 2.20 bits per heavy atom. The van der Waals surface area contributed by atoms with Crippen LogP contribution in [0, 0.1) is 11.7 Å². The molecule has 0 bridgehead atoms. The van der Waals surface area contributed by atoms with E-state index in [1.165, 1.54) is 6.07 Å². The van der Waals surface area contributed by atoms with Crippen LogP contribution in [0.15, 0.2) is 24.3 Å². The first-order valence-electron chi connectivity index (χ1n) is 7.38. The molecule has 2 N–H and O–H groups in total. The normalized spacial score (nSPS) is 33.0. The van der Waals surface area contributed by atoms with Gasteiger partial charge < -0.3 is 10.6 Å². The summed E-state index contributed by atoms with van der Waals surface area (Å²) in [7, 11) is 0. The largest absolute Gasteiger partial charge is 0.340 e. The lowest BCUT2D eigenvalue weighted by atomic mass is 9.98. The second kappa shape index (κ2) is 5.17. The highest BCUT2D eigenvalue weighted by Crippen LogP contribution is 2.49. The van der Waals surface area contributed by atoms with E-state index in [2.05, 4.69) is 6.92 Å². The fourth-order valence-electron chi connectivity index (χ4n) is 3.32. The number of amides is 1. The number of nitrogens with zero attached hydrogens (tertiary/aromatic N) is 1. The van der Waals surface area contributed by atoms with Crippen molar-refractivity contribution in [1.29, 1.82) is 0 Å². The number of halogens is 1. The lowest BCUT2D eigenvalue weighted by Crippen LogP contribution is -2.49. The van der Waals surface area contributed by atoms with Gasteiger partial charge in [-0.2, -0.15) is 0 Å². The van der Waals surface area contributed by atoms with Gasteiger partial charge in [0.2, 0.25) is 5.91 Å². The van der Waals surface area contributed by atoms with Gasteiger partial charge in [0.25, 0.3) is 0 Å². The molecule has 3 rings (SSSR count). The summed E-state index contributed by atoms with van der Waals surface area (Å²) in [6.45, 7) is 2.82. The van der Waals surface area contributed by atoms with Crippen LogP contribution in [0.5, 0.6) is 0 Å². The topological polar surface area (TPSA) is 46.3 Å². The molecule has 3 nitrogen and oxygen atoms in total. The molecule has 1 amide bonds. The number of carbonyl (C=O) groups excluding carboxylic acids is 1. The molecule has 1 aromatic rings. The Morgan fingerprint density at radius 1 is 1.40 bits per heavy atom. The van der Waals surface area contributed by atoms with E-state index >= 15 is 0 Å². The van der Waals surface area contributed by atoms with Crippen LogP contribution in [-0.2, 0) is 4.79 Å². The first-order chi connectivity index (χ1) is 9.56. The van der Waals surface area contributed by atoms with Crippen LogP contribution < -0.4 is 5.73 Å². The van der Waals surface area contributed by atoms with Crippen molar-refractivity contribution in [2.45, 2.75) is 44.2 Å². The van der Waals surface area contributed by atoms with Crippen molar-refractivity contribution in [2.75, 3.05) is 6.54 Å². The van der Waals surface area contributed by atoms with Crippen molar-refractivity contribution in [3.8, 4) is 0 Å². The number of hydrogen-bond acceptors (Lipinski definition) is 2. The SMILES string of the molecule is C[C@@H]1C[C@H](N)CCN1C(=O)[C@@H]1C[C@@H]1c1cccc(F)c1. The second-order valence-electron chi connectivity index (χ2n) is 6.17. The summed E-state index contributed by atoms with van der Waals surface area (Å²) in [5, 5.41) is 0. The van der Waals surface area contributed by atoms with Gasteiger partial charge in [0.1, 0.15) is 5.82 Å². The quantitative estimate of drug-likeness (QED) is 0.900. The van der Waals surface area contributed by atoms with E-state index in [1.807, 2.05) is 11.0 Å². The van der Waals surface area contributed by atoms with E-state index in [0.717, 1.165) is 31.4 Å². The van der Waals surface area contributed by atoms with E-state index in [0.29, 0.717) is 0 Å². The van der Waals surface area contributed by atoms with Crippen LogP contribution in [0.2, 0.25) is 0 Å². The molecule has 1 saturated carbocycles. The number of likely N-dealkylation sites (tertiary alicyclic amines) is 1. The molecular formula is C16H21FN2O. The lowest BCUT2D eigenvalue weighted by Gasteiger charge is -2.36. The van der Waals surface area contributed by atoms with Crippen LogP contribution in [0.4, 0.5) is 4.39 Å². The fraction of sp³-hybridized carbons (Fsp3) is 0.562. The molecule has 108 valence electrons. The van der Waals surface area contributed by atoms with Crippen LogP contribution in [0.25, 0.3) is 0 Å². The van der Waals surface area contributed by atoms with Gasteiger partial charge in [-0.3, -0.25) is 4.79 Å². The van der Waals surface area contributed by atoms with E-state index < -0.39 is 0 Å². The summed E-state index contributed by atoms with van der Waals surface area (Å²) < 4.78 is 13.2. The van der Waals surface area contributed by atoms with Crippen molar-refractivity contribution >= 4 is 5.91 Å². The average Bonchev–Trinajstić information content (AvgIpc) is 3.18. The number of piperidine rings is 1. The summed E-state index contributed by atoms with van der Waals surface area (Å²) in [4.78, 5) is 14.5. The minimum Gasteiger partial charge on any atom is -0.340 e. The van der Waals surface area contributed by atoms with Crippen molar-refractivity contribution in [1.82, 2.24) is 4.90 Å². The van der Waals surface area contributed by atoms with Gasteiger partial charge in [0.15, 0.2) is 0 Å². The molecule has 0 spiro atoms. The molecule has 4 heteroatoms. The highest BCUT2D eigenvalue weighted by Gasteiger charge is 2.47. The van der Waals surface area contributed by atoms with Gasteiger partial charge in [-0.15, -0.1) is 0 Å². The molecule has 2 aliphatic rings. The standard InChI is InChI=1S/C16H21FN2O/c1-10-7-13(18)5-6-19(10)16(20)15-9-14(15)11-3-2-4-12(17)8-11/h2-4,8,10,13-15H,5-7,9,18H2,1H3/t10-,13-,14-,15-/m1/s1. The zero-order valence-corrected chi connectivity index (χ0v) is 11.8. The number of benzene rings is 1. The molecule has 0 radical (unpaired) electrons. The summed E-state index contributed by atoms with van der Waals surface area (Å²) in [5.74, 6) is 0.228. The molecule has 0 aromatic heterocycles. The summed E-state index contributed by atoms with van der Waals surface area (Å²) in [6.07, 6.45) is 2.61. The second-order valence-corrected chi connectivity index (χ2v) is 6.17. The highest BCUT2D eigenvalue weighted by molar-refractivity contribution is 5.83. The van der Waals surface area contributed by atoms with Gasteiger partial charge in [0, 0.05) is 24.5 Å². The molecule has 1 aromatic carbocycles. The first-order valence-corrected chi connectivity index (χ1v) is 7.38. The maximum absolute atomic E-state index is 13.2. The van der Waals surface area contributed by atoms with E-state index in [-0.39, 0.29) is 35.6 Å². The van der Waals surface area contributed by atoms with Crippen molar-refractivity contribution in [3.05, 3.63) is 35.6 Å². The van der Waals surface area contributed by atoms with Crippen LogP contribution in [0.3, 0.4) is 0 Å². The van der Waals surface area contributed by atoms with E-state index in [4.69, 9.17) is 5.73 Å². The minimum atomic E-state index is -0.224. The number of carbonyl (C=O) groups is 1. The molecular weight excluding hydrogens is 255 g/mol.